The Morgan fingerprint density at radius 1 is 1.37 bits per heavy atom. The van der Waals surface area contributed by atoms with E-state index in [-0.39, 0.29) is 11.4 Å². The molecule has 0 aliphatic carbocycles. The Balaban J connectivity index is 2.36. The summed E-state index contributed by atoms with van der Waals surface area (Å²) in [6.45, 7) is 7.26. The van der Waals surface area contributed by atoms with Crippen molar-refractivity contribution in [2.24, 2.45) is 0 Å². The Labute approximate surface area is 115 Å². The minimum atomic E-state index is -0.544. The highest BCUT2D eigenvalue weighted by atomic mass is 19.1. The molecule has 1 aromatic carbocycles. The SMILES string of the molecule is CN(Cc1cccc(F)c1)CC(O)COC(C)(C)C. The highest BCUT2D eigenvalue weighted by Crippen LogP contribution is 2.09. The lowest BCUT2D eigenvalue weighted by molar-refractivity contribution is -0.0550. The highest BCUT2D eigenvalue weighted by molar-refractivity contribution is 5.16. The quantitative estimate of drug-likeness (QED) is 0.861. The van der Waals surface area contributed by atoms with E-state index in [9.17, 15) is 9.50 Å². The van der Waals surface area contributed by atoms with E-state index in [0.717, 1.165) is 5.56 Å². The zero-order valence-corrected chi connectivity index (χ0v) is 12.2. The maximum atomic E-state index is 13.0. The molecule has 1 aromatic rings. The molecule has 108 valence electrons. The van der Waals surface area contributed by atoms with E-state index in [1.165, 1.54) is 12.1 Å². The van der Waals surface area contributed by atoms with Crippen LogP contribution in [-0.2, 0) is 11.3 Å². The van der Waals surface area contributed by atoms with Gasteiger partial charge in [0, 0.05) is 13.1 Å². The number of aliphatic hydroxyl groups excluding tert-OH is 1. The van der Waals surface area contributed by atoms with Crippen LogP contribution in [0.2, 0.25) is 0 Å². The molecule has 0 aliphatic rings. The van der Waals surface area contributed by atoms with Gasteiger partial charge in [0.05, 0.1) is 18.3 Å². The van der Waals surface area contributed by atoms with E-state index in [1.54, 1.807) is 6.07 Å². The first-order valence-electron chi connectivity index (χ1n) is 6.51. The second kappa shape index (κ2) is 6.98. The monoisotopic (exact) mass is 269 g/mol. The molecule has 0 fully saturated rings. The second-order valence-corrected chi connectivity index (χ2v) is 5.90. The maximum absolute atomic E-state index is 13.0. The number of nitrogens with zero attached hydrogens (tertiary/aromatic N) is 1. The normalized spacial score (nSPS) is 13.8. The van der Waals surface area contributed by atoms with Gasteiger partial charge in [-0.05, 0) is 45.5 Å². The summed E-state index contributed by atoms with van der Waals surface area (Å²) in [6, 6.07) is 6.50. The fraction of sp³-hybridized carbons (Fsp3) is 0.600. The van der Waals surface area contributed by atoms with Crippen molar-refractivity contribution in [3.05, 3.63) is 35.6 Å². The van der Waals surface area contributed by atoms with Gasteiger partial charge in [-0.3, -0.25) is 4.90 Å². The molecule has 0 aromatic heterocycles. The van der Waals surface area contributed by atoms with Crippen LogP contribution >= 0.6 is 0 Å². The molecule has 1 N–H and O–H groups in total. The van der Waals surface area contributed by atoms with E-state index in [1.807, 2.05) is 38.8 Å². The van der Waals surface area contributed by atoms with Crippen molar-refractivity contribution in [1.82, 2.24) is 4.90 Å². The molecular weight excluding hydrogens is 245 g/mol. The van der Waals surface area contributed by atoms with Gasteiger partial charge < -0.3 is 9.84 Å². The summed E-state index contributed by atoms with van der Waals surface area (Å²) in [5.74, 6) is -0.234. The van der Waals surface area contributed by atoms with Crippen molar-refractivity contribution in [3.63, 3.8) is 0 Å². The topological polar surface area (TPSA) is 32.7 Å². The van der Waals surface area contributed by atoms with E-state index >= 15 is 0 Å². The van der Waals surface area contributed by atoms with Gasteiger partial charge in [0.2, 0.25) is 0 Å². The number of aliphatic hydroxyl groups is 1. The fourth-order valence-electron chi connectivity index (χ4n) is 1.77. The van der Waals surface area contributed by atoms with Crippen LogP contribution in [0.5, 0.6) is 0 Å². The Bertz CT molecular complexity index is 390. The van der Waals surface area contributed by atoms with Gasteiger partial charge in [0.15, 0.2) is 0 Å². The van der Waals surface area contributed by atoms with Gasteiger partial charge in [-0.25, -0.2) is 4.39 Å². The largest absolute Gasteiger partial charge is 0.389 e. The van der Waals surface area contributed by atoms with Crippen LogP contribution in [0.25, 0.3) is 0 Å². The van der Waals surface area contributed by atoms with Crippen LogP contribution in [0.3, 0.4) is 0 Å². The lowest BCUT2D eigenvalue weighted by Crippen LogP contribution is -2.34. The number of hydrogen-bond donors (Lipinski definition) is 1. The predicted octanol–water partition coefficient (Wildman–Crippen LogP) is 2.43. The Hall–Kier alpha value is -0.970. The zero-order valence-electron chi connectivity index (χ0n) is 12.2. The van der Waals surface area contributed by atoms with Crippen molar-refractivity contribution < 1.29 is 14.2 Å². The summed E-state index contributed by atoms with van der Waals surface area (Å²) >= 11 is 0. The molecule has 1 rings (SSSR count). The third-order valence-corrected chi connectivity index (χ3v) is 2.57. The smallest absolute Gasteiger partial charge is 0.123 e. The summed E-state index contributed by atoms with van der Waals surface area (Å²) < 4.78 is 18.6. The van der Waals surface area contributed by atoms with Gasteiger partial charge in [0.1, 0.15) is 5.82 Å². The Morgan fingerprint density at radius 2 is 2.05 bits per heavy atom. The maximum Gasteiger partial charge on any atom is 0.123 e. The summed E-state index contributed by atoms with van der Waals surface area (Å²) in [5, 5.41) is 9.87. The summed E-state index contributed by atoms with van der Waals surface area (Å²) in [4.78, 5) is 1.95. The first kappa shape index (κ1) is 16.1. The molecule has 3 nitrogen and oxygen atoms in total. The Kier molecular flexibility index (Phi) is 5.91. The van der Waals surface area contributed by atoms with Gasteiger partial charge in [-0.1, -0.05) is 12.1 Å². The van der Waals surface area contributed by atoms with Gasteiger partial charge in [-0.15, -0.1) is 0 Å². The average Bonchev–Trinajstić information content (AvgIpc) is 2.25. The first-order valence-corrected chi connectivity index (χ1v) is 6.51. The summed E-state index contributed by atoms with van der Waals surface area (Å²) in [7, 11) is 1.89. The minimum absolute atomic E-state index is 0.234. The van der Waals surface area contributed by atoms with Crippen LogP contribution in [0.4, 0.5) is 4.39 Å². The van der Waals surface area contributed by atoms with Gasteiger partial charge in [0.25, 0.3) is 0 Å². The number of rotatable bonds is 6. The standard InChI is InChI=1S/C15H24FNO2/c1-15(2,3)19-11-14(18)10-17(4)9-12-6-5-7-13(16)8-12/h5-8,14,18H,9-11H2,1-4H3. The van der Waals surface area contributed by atoms with Crippen molar-refractivity contribution >= 4 is 0 Å². The average molecular weight is 269 g/mol. The van der Waals surface area contributed by atoms with Crippen LogP contribution in [-0.4, -0.2) is 41.9 Å². The minimum Gasteiger partial charge on any atom is -0.389 e. The van der Waals surface area contributed by atoms with E-state index in [2.05, 4.69) is 0 Å². The molecule has 1 unspecified atom stereocenters. The lowest BCUT2D eigenvalue weighted by Gasteiger charge is -2.25. The molecule has 0 saturated heterocycles. The van der Waals surface area contributed by atoms with Gasteiger partial charge >= 0.3 is 0 Å². The fourth-order valence-corrected chi connectivity index (χ4v) is 1.77. The first-order chi connectivity index (χ1) is 8.76. The van der Waals surface area contributed by atoms with E-state index in [4.69, 9.17) is 4.74 Å². The number of ether oxygens (including phenoxy) is 1. The molecule has 4 heteroatoms. The van der Waals surface area contributed by atoms with Crippen molar-refractivity contribution in [1.29, 1.82) is 0 Å². The molecule has 0 heterocycles. The molecule has 19 heavy (non-hydrogen) atoms. The van der Waals surface area contributed by atoms with Crippen molar-refractivity contribution in [2.75, 3.05) is 20.2 Å². The second-order valence-electron chi connectivity index (χ2n) is 5.90. The van der Waals surface area contributed by atoms with Crippen LogP contribution in [0, 0.1) is 5.82 Å². The molecular formula is C15H24FNO2. The molecule has 0 saturated carbocycles. The van der Waals surface area contributed by atoms with E-state index < -0.39 is 6.10 Å². The van der Waals surface area contributed by atoms with Crippen molar-refractivity contribution in [3.8, 4) is 0 Å². The van der Waals surface area contributed by atoms with Gasteiger partial charge in [-0.2, -0.15) is 0 Å². The Morgan fingerprint density at radius 3 is 2.63 bits per heavy atom. The molecule has 0 aliphatic heterocycles. The van der Waals surface area contributed by atoms with Crippen LogP contribution in [0.15, 0.2) is 24.3 Å². The highest BCUT2D eigenvalue weighted by Gasteiger charge is 2.15. The number of hydrogen-bond acceptors (Lipinski definition) is 3. The van der Waals surface area contributed by atoms with Crippen molar-refractivity contribution in [2.45, 2.75) is 39.0 Å². The van der Waals surface area contributed by atoms with Crippen LogP contribution in [0.1, 0.15) is 26.3 Å². The molecule has 0 spiro atoms. The van der Waals surface area contributed by atoms with E-state index in [0.29, 0.717) is 19.7 Å². The molecule has 1 atom stereocenters. The lowest BCUT2D eigenvalue weighted by atomic mass is 10.2. The molecule has 0 amide bonds. The third kappa shape index (κ3) is 7.25. The summed E-state index contributed by atoms with van der Waals surface area (Å²) in [5.41, 5.74) is 0.647. The third-order valence-electron chi connectivity index (χ3n) is 2.57. The predicted molar refractivity (Wildman–Crippen MR) is 74.4 cm³/mol. The number of likely N-dealkylation sites (N-methyl/N-ethyl adjacent to an activating group) is 1. The molecule has 0 radical (unpaired) electrons. The number of halogens is 1. The molecule has 0 bridgehead atoms. The zero-order chi connectivity index (χ0) is 14.5. The number of benzene rings is 1. The summed E-state index contributed by atoms with van der Waals surface area (Å²) in [6.07, 6.45) is -0.544. The van der Waals surface area contributed by atoms with Crippen LogP contribution < -0.4 is 0 Å².